The van der Waals surface area contributed by atoms with E-state index in [4.69, 9.17) is 5.11 Å². The van der Waals surface area contributed by atoms with Gasteiger partial charge in [-0.05, 0) is 95.9 Å². The van der Waals surface area contributed by atoms with Gasteiger partial charge in [-0.1, -0.05) is 77.1 Å². The van der Waals surface area contributed by atoms with Crippen molar-refractivity contribution >= 4 is 11.9 Å². The second-order valence-electron chi connectivity index (χ2n) is 11.3. The van der Waals surface area contributed by atoms with Gasteiger partial charge in [-0.25, -0.2) is 4.79 Å². The van der Waals surface area contributed by atoms with Gasteiger partial charge < -0.3 is 26.7 Å². The summed E-state index contributed by atoms with van der Waals surface area (Å²) in [5, 5.41) is 8.67. The van der Waals surface area contributed by atoms with Gasteiger partial charge in [0.25, 0.3) is 0 Å². The molecule has 0 aliphatic carbocycles. The van der Waals surface area contributed by atoms with Gasteiger partial charge >= 0.3 is 11.9 Å². The number of nitrogens with zero attached hydrogens (tertiary/aromatic N) is 1. The molecule has 0 aromatic heterocycles. The van der Waals surface area contributed by atoms with E-state index >= 15 is 0 Å². The van der Waals surface area contributed by atoms with Crippen LogP contribution < -0.4 is 12.4 Å². The predicted octanol–water partition coefficient (Wildman–Crippen LogP) is 6.58. The van der Waals surface area contributed by atoms with Crippen molar-refractivity contribution in [1.29, 1.82) is 0 Å². The molecule has 42 heavy (non-hydrogen) atoms. The Balaban J connectivity index is -0.000000486. The van der Waals surface area contributed by atoms with Crippen molar-refractivity contribution in [2.75, 3.05) is 33.3 Å². The number of hydrogen-bond acceptors (Lipinski definition) is 3. The smallest absolute Gasteiger partial charge is 0.335 e. The van der Waals surface area contributed by atoms with Crippen LogP contribution in [0, 0.1) is 5.41 Å². The Morgan fingerprint density at radius 1 is 0.738 bits per heavy atom. The summed E-state index contributed by atoms with van der Waals surface area (Å²) in [6.45, 7) is 28.7. The molecule has 2 aromatic carbocycles. The monoisotopic (exact) mass is 607 g/mol. The second kappa shape index (κ2) is 24.1. The standard InChI is InChI=1S/C11H14O2.C10H14.C8H20N.C7H14O2.ClH/c1-3-8(2)9-4-6-10(7-5-9)11(12)13;1-3-9(2)10-7-5-4-6-8-10;1-5-9(6-2,7-3)8-4;1-5-7(2,3)6(8)9-4;/h4-8H,3H2,1-2H3,(H,12,13);4-9H,3H2,1-2H3;5-8H2,1-4H3;5H2,1-4H3;1H/q;;+1;;/p-1. The van der Waals surface area contributed by atoms with Crippen molar-refractivity contribution < 1.29 is 36.3 Å². The van der Waals surface area contributed by atoms with Crippen LogP contribution in [0.15, 0.2) is 54.6 Å². The average molecular weight is 608 g/mol. The van der Waals surface area contributed by atoms with E-state index in [0.29, 0.717) is 17.4 Å². The first-order valence-electron chi connectivity index (χ1n) is 15.6. The van der Waals surface area contributed by atoms with Crippen molar-refractivity contribution in [2.45, 2.75) is 107 Å². The third-order valence-corrected chi connectivity index (χ3v) is 8.63. The van der Waals surface area contributed by atoms with Crippen LogP contribution in [0.25, 0.3) is 0 Å². The summed E-state index contributed by atoms with van der Waals surface area (Å²) < 4.78 is 5.84. The van der Waals surface area contributed by atoms with Crippen molar-refractivity contribution in [3.63, 3.8) is 0 Å². The molecule has 5 nitrogen and oxygen atoms in total. The Labute approximate surface area is 265 Å². The van der Waals surface area contributed by atoms with E-state index in [9.17, 15) is 9.59 Å². The lowest BCUT2D eigenvalue weighted by Gasteiger charge is -2.34. The first kappa shape index (κ1) is 44.1. The lowest BCUT2D eigenvalue weighted by molar-refractivity contribution is -0.921. The largest absolute Gasteiger partial charge is 1.00 e. The second-order valence-corrected chi connectivity index (χ2v) is 11.3. The molecule has 1 N–H and O–H groups in total. The first-order chi connectivity index (χ1) is 19.3. The third kappa shape index (κ3) is 16.9. The number of benzene rings is 2. The van der Waals surface area contributed by atoms with Gasteiger partial charge in [-0.2, -0.15) is 0 Å². The van der Waals surface area contributed by atoms with Gasteiger partial charge in [0, 0.05) is 0 Å². The minimum Gasteiger partial charge on any atom is -1.00 e. The Morgan fingerprint density at radius 3 is 1.36 bits per heavy atom. The summed E-state index contributed by atoms with van der Waals surface area (Å²) in [5.74, 6) is 0.213. The summed E-state index contributed by atoms with van der Waals surface area (Å²) in [6, 6.07) is 17.7. The number of methoxy groups -OCH3 is 1. The molecule has 2 unspecified atom stereocenters. The van der Waals surface area contributed by atoms with Gasteiger partial charge in [0.05, 0.1) is 44.3 Å². The maximum absolute atomic E-state index is 10.8. The molecule has 0 aliphatic rings. The van der Waals surface area contributed by atoms with Gasteiger partial charge in [0.15, 0.2) is 0 Å². The zero-order valence-corrected chi connectivity index (χ0v) is 29.6. The molecular formula is C36H62ClNO4. The highest BCUT2D eigenvalue weighted by Gasteiger charge is 2.25. The summed E-state index contributed by atoms with van der Waals surface area (Å²) in [5.41, 5.74) is 2.69. The van der Waals surface area contributed by atoms with Crippen LogP contribution >= 0.6 is 0 Å². The van der Waals surface area contributed by atoms with E-state index in [2.05, 4.69) is 90.5 Å². The lowest BCUT2D eigenvalue weighted by Crippen LogP contribution is -3.00. The minimum absolute atomic E-state index is 0. The number of carboxylic acids is 1. The fourth-order valence-electron chi connectivity index (χ4n) is 3.97. The maximum Gasteiger partial charge on any atom is 0.335 e. The maximum atomic E-state index is 10.8. The zero-order chi connectivity index (χ0) is 32.1. The molecule has 0 radical (unpaired) electrons. The summed E-state index contributed by atoms with van der Waals surface area (Å²) >= 11 is 0. The number of aromatic carboxylic acids is 1. The van der Waals surface area contributed by atoms with E-state index in [0.717, 1.165) is 12.8 Å². The topological polar surface area (TPSA) is 63.6 Å². The van der Waals surface area contributed by atoms with Crippen LogP contribution in [0.2, 0.25) is 0 Å². The first-order valence-corrected chi connectivity index (χ1v) is 15.6. The third-order valence-electron chi connectivity index (χ3n) is 8.63. The molecule has 0 fully saturated rings. The molecular weight excluding hydrogens is 546 g/mol. The number of ether oxygens (including phenoxy) is 1. The Bertz CT molecular complexity index is 923. The van der Waals surface area contributed by atoms with Gasteiger partial charge in [-0.3, -0.25) is 4.79 Å². The number of rotatable bonds is 11. The molecule has 0 heterocycles. The summed E-state index contributed by atoms with van der Waals surface area (Å²) in [6.07, 6.45) is 3.12. The average Bonchev–Trinajstić information content (AvgIpc) is 3.02. The molecule has 0 saturated heterocycles. The minimum atomic E-state index is -0.865. The van der Waals surface area contributed by atoms with Crippen LogP contribution in [0.3, 0.4) is 0 Å². The Morgan fingerprint density at radius 2 is 1.12 bits per heavy atom. The van der Waals surface area contributed by atoms with Crippen molar-refractivity contribution in [3.05, 3.63) is 71.3 Å². The molecule has 2 rings (SSSR count). The van der Waals surface area contributed by atoms with Crippen molar-refractivity contribution in [3.8, 4) is 0 Å². The molecule has 0 bridgehead atoms. The Hall–Kier alpha value is -2.37. The predicted molar refractivity (Wildman–Crippen MR) is 176 cm³/mol. The fourth-order valence-corrected chi connectivity index (χ4v) is 3.97. The summed E-state index contributed by atoms with van der Waals surface area (Å²) in [7, 11) is 1.42. The van der Waals surface area contributed by atoms with Crippen LogP contribution in [0.5, 0.6) is 0 Å². The highest BCUT2D eigenvalue weighted by atomic mass is 35.5. The van der Waals surface area contributed by atoms with Crippen LogP contribution in [0.1, 0.15) is 129 Å². The van der Waals surface area contributed by atoms with Gasteiger partial charge in [-0.15, -0.1) is 0 Å². The number of carboxylic acid groups (broad SMARTS) is 1. The number of carbonyl (C=O) groups is 2. The van der Waals surface area contributed by atoms with E-state index in [-0.39, 0.29) is 23.8 Å². The number of quaternary nitrogens is 1. The molecule has 242 valence electrons. The summed E-state index contributed by atoms with van der Waals surface area (Å²) in [4.78, 5) is 21.4. The molecule has 0 saturated carbocycles. The van der Waals surface area contributed by atoms with Crippen molar-refractivity contribution in [1.82, 2.24) is 0 Å². The van der Waals surface area contributed by atoms with E-state index in [1.54, 1.807) is 12.1 Å². The molecule has 2 atom stereocenters. The van der Waals surface area contributed by atoms with Gasteiger partial charge in [0.2, 0.25) is 0 Å². The Kier molecular flexibility index (Phi) is 25.3. The van der Waals surface area contributed by atoms with E-state index < -0.39 is 5.97 Å². The normalized spacial score (nSPS) is 11.9. The quantitative estimate of drug-likeness (QED) is 0.231. The van der Waals surface area contributed by atoms with Crippen molar-refractivity contribution in [2.24, 2.45) is 5.41 Å². The zero-order valence-electron chi connectivity index (χ0n) is 28.8. The van der Waals surface area contributed by atoms with Gasteiger partial charge in [0.1, 0.15) is 0 Å². The number of halogens is 1. The molecule has 0 aliphatic heterocycles. The number of esters is 1. The molecule has 0 spiro atoms. The molecule has 6 heteroatoms. The van der Waals surface area contributed by atoms with Crippen LogP contribution in [-0.2, 0) is 9.53 Å². The van der Waals surface area contributed by atoms with E-state index in [1.807, 2.05) is 32.9 Å². The van der Waals surface area contributed by atoms with Crippen LogP contribution in [0.4, 0.5) is 0 Å². The SMILES string of the molecule is CCC(C)(C)C(=O)OC.CCC(C)c1ccc(C(=O)O)cc1.CCC(C)c1ccccc1.CC[N+](CC)(CC)CC.[Cl-]. The van der Waals surface area contributed by atoms with Crippen LogP contribution in [-0.4, -0.2) is 54.8 Å². The number of carbonyl (C=O) groups excluding carboxylic acids is 1. The lowest BCUT2D eigenvalue weighted by atomic mass is 9.91. The fraction of sp³-hybridized carbons (Fsp3) is 0.611. The molecule has 0 amide bonds. The van der Waals surface area contributed by atoms with E-state index in [1.165, 1.54) is 55.3 Å². The highest BCUT2D eigenvalue weighted by molar-refractivity contribution is 5.87. The molecule has 2 aromatic rings. The highest BCUT2D eigenvalue weighted by Crippen LogP contribution is 2.21. The number of hydrogen-bond donors (Lipinski definition) is 1.